The Morgan fingerprint density at radius 2 is 2.15 bits per heavy atom. The lowest BCUT2D eigenvalue weighted by molar-refractivity contribution is 0.0992. The first kappa shape index (κ1) is 19.2. The van der Waals surface area contributed by atoms with Crippen molar-refractivity contribution in [2.45, 2.75) is 51.0 Å². The zero-order chi connectivity index (χ0) is 17.2. The standard InChI is InChI=1S/C19H25N5O.HI/c1-13-9-10-24(23-13)17-6-4-3-5-14(17)12-21-19(20-2)22-16-11-15-7-8-18(16)25-15;/h3-6,9-10,15-16,18H,7-8,11-12H2,1-2H3,(H2,20,21,22);1H. The third kappa shape index (κ3) is 4.03. The molecule has 3 heterocycles. The van der Waals surface area contributed by atoms with E-state index < -0.39 is 0 Å². The highest BCUT2D eigenvalue weighted by Crippen LogP contribution is 2.34. The first-order valence-corrected chi connectivity index (χ1v) is 8.96. The molecule has 2 fully saturated rings. The molecule has 2 aliphatic heterocycles. The molecule has 3 atom stereocenters. The average molecular weight is 467 g/mol. The van der Waals surface area contributed by atoms with Gasteiger partial charge in [0.1, 0.15) is 0 Å². The number of para-hydroxylation sites is 1. The Labute approximate surface area is 171 Å². The van der Waals surface area contributed by atoms with Gasteiger partial charge >= 0.3 is 0 Å². The lowest BCUT2D eigenvalue weighted by Crippen LogP contribution is -2.47. The number of guanidine groups is 1. The van der Waals surface area contributed by atoms with Crippen molar-refractivity contribution in [2.24, 2.45) is 4.99 Å². The number of rotatable bonds is 4. The van der Waals surface area contributed by atoms with Gasteiger partial charge in [-0.25, -0.2) is 4.68 Å². The molecule has 2 saturated heterocycles. The fourth-order valence-corrected chi connectivity index (χ4v) is 3.77. The summed E-state index contributed by atoms with van der Waals surface area (Å²) < 4.78 is 7.84. The normalized spacial score (nSPS) is 24.4. The third-order valence-corrected chi connectivity index (χ3v) is 5.06. The Morgan fingerprint density at radius 1 is 1.31 bits per heavy atom. The molecule has 0 aliphatic carbocycles. The molecule has 4 rings (SSSR count). The highest BCUT2D eigenvalue weighted by atomic mass is 127. The molecule has 1 aromatic carbocycles. The molecule has 2 bridgehead atoms. The SMILES string of the molecule is CN=C(NCc1ccccc1-n1ccc(C)n1)NC1CC2CCC1O2.I. The zero-order valence-electron chi connectivity index (χ0n) is 15.2. The minimum Gasteiger partial charge on any atom is -0.373 e. The number of benzene rings is 1. The molecule has 0 radical (unpaired) electrons. The maximum Gasteiger partial charge on any atom is 0.191 e. The van der Waals surface area contributed by atoms with Crippen molar-refractivity contribution >= 4 is 29.9 Å². The molecular weight excluding hydrogens is 441 g/mol. The molecule has 7 heteroatoms. The summed E-state index contributed by atoms with van der Waals surface area (Å²) >= 11 is 0. The summed E-state index contributed by atoms with van der Waals surface area (Å²) in [7, 11) is 1.81. The Hall–Kier alpha value is -1.61. The van der Waals surface area contributed by atoms with Crippen LogP contribution in [0.2, 0.25) is 0 Å². The second-order valence-electron chi connectivity index (χ2n) is 6.82. The lowest BCUT2D eigenvalue weighted by atomic mass is 9.96. The Bertz CT molecular complexity index is 775. The second-order valence-corrected chi connectivity index (χ2v) is 6.82. The predicted octanol–water partition coefficient (Wildman–Crippen LogP) is 2.78. The molecule has 0 saturated carbocycles. The van der Waals surface area contributed by atoms with Crippen LogP contribution in [0, 0.1) is 6.92 Å². The van der Waals surface area contributed by atoms with Crippen molar-refractivity contribution in [3.05, 3.63) is 47.8 Å². The number of fused-ring (bicyclic) bond motifs is 2. The van der Waals surface area contributed by atoms with Gasteiger partial charge in [-0.2, -0.15) is 5.10 Å². The van der Waals surface area contributed by atoms with Gasteiger partial charge in [-0.05, 0) is 43.9 Å². The Morgan fingerprint density at radius 3 is 2.81 bits per heavy atom. The summed E-state index contributed by atoms with van der Waals surface area (Å²) in [6.45, 7) is 2.69. The Balaban J connectivity index is 0.00000196. The summed E-state index contributed by atoms with van der Waals surface area (Å²) in [5.41, 5.74) is 3.27. The van der Waals surface area contributed by atoms with Crippen LogP contribution >= 0.6 is 24.0 Å². The van der Waals surface area contributed by atoms with Gasteiger partial charge in [0.15, 0.2) is 5.96 Å². The molecule has 0 amide bonds. The van der Waals surface area contributed by atoms with Crippen LogP contribution in [0.25, 0.3) is 5.69 Å². The van der Waals surface area contributed by atoms with E-state index in [1.807, 2.05) is 37.0 Å². The van der Waals surface area contributed by atoms with E-state index in [1.165, 1.54) is 12.0 Å². The monoisotopic (exact) mass is 467 g/mol. The molecule has 1 aromatic heterocycles. The van der Waals surface area contributed by atoms with Gasteiger partial charge in [0.05, 0.1) is 29.6 Å². The van der Waals surface area contributed by atoms with Gasteiger partial charge in [0, 0.05) is 19.8 Å². The van der Waals surface area contributed by atoms with E-state index in [0.29, 0.717) is 24.8 Å². The summed E-state index contributed by atoms with van der Waals surface area (Å²) in [5.74, 6) is 0.826. The number of nitrogens with one attached hydrogen (secondary N) is 2. The smallest absolute Gasteiger partial charge is 0.191 e. The number of halogens is 1. The van der Waals surface area contributed by atoms with Crippen LogP contribution in [0.15, 0.2) is 41.5 Å². The number of aryl methyl sites for hydroxylation is 1. The van der Waals surface area contributed by atoms with E-state index in [4.69, 9.17) is 4.74 Å². The maximum absolute atomic E-state index is 5.92. The van der Waals surface area contributed by atoms with Crippen LogP contribution in [0.3, 0.4) is 0 Å². The molecule has 6 nitrogen and oxygen atoms in total. The van der Waals surface area contributed by atoms with E-state index in [-0.39, 0.29) is 24.0 Å². The van der Waals surface area contributed by atoms with Gasteiger partial charge in [0.25, 0.3) is 0 Å². The molecule has 2 N–H and O–H groups in total. The fourth-order valence-electron chi connectivity index (χ4n) is 3.77. The minimum atomic E-state index is 0. The topological polar surface area (TPSA) is 63.5 Å². The minimum absolute atomic E-state index is 0. The second kappa shape index (κ2) is 8.39. The van der Waals surface area contributed by atoms with Crippen molar-refractivity contribution in [3.63, 3.8) is 0 Å². The number of nitrogens with zero attached hydrogens (tertiary/aromatic N) is 3. The van der Waals surface area contributed by atoms with E-state index in [9.17, 15) is 0 Å². The highest BCUT2D eigenvalue weighted by Gasteiger charge is 2.41. The molecular formula is C19H26IN5O. The van der Waals surface area contributed by atoms with Crippen LogP contribution < -0.4 is 10.6 Å². The molecule has 140 valence electrons. The number of hydrogen-bond donors (Lipinski definition) is 2. The summed E-state index contributed by atoms with van der Waals surface area (Å²) in [4.78, 5) is 4.37. The van der Waals surface area contributed by atoms with Crippen LogP contribution in [0.5, 0.6) is 0 Å². The van der Waals surface area contributed by atoms with Crippen LogP contribution in [-0.2, 0) is 11.3 Å². The van der Waals surface area contributed by atoms with Gasteiger partial charge in [-0.15, -0.1) is 24.0 Å². The first-order valence-electron chi connectivity index (χ1n) is 8.96. The summed E-state index contributed by atoms with van der Waals surface area (Å²) in [6.07, 6.45) is 6.20. The zero-order valence-corrected chi connectivity index (χ0v) is 17.5. The quantitative estimate of drug-likeness (QED) is 0.413. The van der Waals surface area contributed by atoms with Crippen molar-refractivity contribution < 1.29 is 4.74 Å². The summed E-state index contributed by atoms with van der Waals surface area (Å²) in [5, 5.41) is 11.5. The van der Waals surface area contributed by atoms with Crippen molar-refractivity contribution in [1.29, 1.82) is 0 Å². The van der Waals surface area contributed by atoms with Gasteiger partial charge in [-0.1, -0.05) is 18.2 Å². The molecule has 2 aliphatic rings. The average Bonchev–Trinajstić information content (AvgIpc) is 3.35. The number of aromatic nitrogens is 2. The van der Waals surface area contributed by atoms with Gasteiger partial charge in [-0.3, -0.25) is 4.99 Å². The number of hydrogen-bond acceptors (Lipinski definition) is 3. The molecule has 0 spiro atoms. The molecule has 26 heavy (non-hydrogen) atoms. The van der Waals surface area contributed by atoms with Crippen molar-refractivity contribution in [3.8, 4) is 5.69 Å². The van der Waals surface area contributed by atoms with Gasteiger partial charge in [0.2, 0.25) is 0 Å². The lowest BCUT2D eigenvalue weighted by Gasteiger charge is -2.23. The number of ether oxygens (including phenoxy) is 1. The largest absolute Gasteiger partial charge is 0.373 e. The third-order valence-electron chi connectivity index (χ3n) is 5.06. The summed E-state index contributed by atoms with van der Waals surface area (Å²) in [6, 6.07) is 10.7. The number of aliphatic imine (C=N–C) groups is 1. The Kier molecular flexibility index (Phi) is 6.18. The fraction of sp³-hybridized carbons (Fsp3) is 0.474. The predicted molar refractivity (Wildman–Crippen MR) is 113 cm³/mol. The van der Waals surface area contributed by atoms with Crippen LogP contribution in [-0.4, -0.2) is 41.0 Å². The van der Waals surface area contributed by atoms with Crippen LogP contribution in [0.1, 0.15) is 30.5 Å². The van der Waals surface area contributed by atoms with E-state index >= 15 is 0 Å². The van der Waals surface area contributed by atoms with E-state index in [0.717, 1.165) is 30.2 Å². The van der Waals surface area contributed by atoms with Crippen LogP contribution in [0.4, 0.5) is 0 Å². The molecule has 2 aromatic rings. The van der Waals surface area contributed by atoms with Crippen molar-refractivity contribution in [1.82, 2.24) is 20.4 Å². The van der Waals surface area contributed by atoms with E-state index in [1.54, 1.807) is 0 Å². The van der Waals surface area contributed by atoms with Gasteiger partial charge < -0.3 is 15.4 Å². The highest BCUT2D eigenvalue weighted by molar-refractivity contribution is 14.0. The van der Waals surface area contributed by atoms with Crippen molar-refractivity contribution in [2.75, 3.05) is 7.05 Å². The first-order chi connectivity index (χ1) is 12.2. The van der Waals surface area contributed by atoms with E-state index in [2.05, 4.69) is 38.9 Å². The maximum atomic E-state index is 5.92. The molecule has 3 unspecified atom stereocenters.